The number of aryl methyl sites for hydroxylation is 1. The molecule has 6 nitrogen and oxygen atoms in total. The third-order valence-electron chi connectivity index (χ3n) is 4.27. The van der Waals surface area contributed by atoms with Crippen LogP contribution in [0.1, 0.15) is 52.5 Å². The Morgan fingerprint density at radius 1 is 1.12 bits per heavy atom. The number of rotatable bonds is 8. The van der Waals surface area contributed by atoms with E-state index in [1.54, 1.807) is 24.3 Å². The lowest BCUT2D eigenvalue weighted by Crippen LogP contribution is -2.26. The van der Waals surface area contributed by atoms with Gasteiger partial charge in [-0.05, 0) is 42.9 Å². The Balaban J connectivity index is 1.41. The number of carboxylic acid groups (broad SMARTS) is 1. The van der Waals surface area contributed by atoms with Crippen LogP contribution in [0.5, 0.6) is 0 Å². The normalized spacial score (nSPS) is 13.4. The van der Waals surface area contributed by atoms with Crippen LogP contribution in [0.4, 0.5) is 0 Å². The standard InChI is InChI=1S/C19H21N3O3/c23-17(8-7-14-3-1-2-4-16(14)19(24)25)20-10-9-13-11-21-18(22-12-13)15-5-6-15/h1-4,11-12,15H,5-10H2,(H,20,23)(H,24,25). The fourth-order valence-corrected chi connectivity index (χ4v) is 2.68. The monoisotopic (exact) mass is 339 g/mol. The summed E-state index contributed by atoms with van der Waals surface area (Å²) in [5.41, 5.74) is 1.93. The van der Waals surface area contributed by atoms with Gasteiger partial charge in [0, 0.05) is 31.3 Å². The molecule has 130 valence electrons. The summed E-state index contributed by atoms with van der Waals surface area (Å²) in [6.45, 7) is 0.519. The molecule has 6 heteroatoms. The van der Waals surface area contributed by atoms with E-state index in [4.69, 9.17) is 5.11 Å². The number of carbonyl (C=O) groups is 2. The fraction of sp³-hybridized carbons (Fsp3) is 0.368. The largest absolute Gasteiger partial charge is 0.478 e. The van der Waals surface area contributed by atoms with Crippen LogP contribution in [-0.2, 0) is 17.6 Å². The highest BCUT2D eigenvalue weighted by molar-refractivity contribution is 5.89. The Hall–Kier alpha value is -2.76. The zero-order valence-electron chi connectivity index (χ0n) is 13.9. The first kappa shape index (κ1) is 17.1. The topological polar surface area (TPSA) is 92.2 Å². The number of carbonyl (C=O) groups excluding carboxylic acids is 1. The molecule has 1 aromatic carbocycles. The van der Waals surface area contributed by atoms with Crippen molar-refractivity contribution >= 4 is 11.9 Å². The van der Waals surface area contributed by atoms with Gasteiger partial charge in [-0.3, -0.25) is 4.79 Å². The molecule has 0 spiro atoms. The Morgan fingerprint density at radius 2 is 1.84 bits per heavy atom. The lowest BCUT2D eigenvalue weighted by Gasteiger charge is -2.07. The quantitative estimate of drug-likeness (QED) is 0.770. The van der Waals surface area contributed by atoms with Crippen LogP contribution >= 0.6 is 0 Å². The Bertz CT molecular complexity index is 755. The summed E-state index contributed by atoms with van der Waals surface area (Å²) in [7, 11) is 0. The number of hydrogen-bond donors (Lipinski definition) is 2. The average molecular weight is 339 g/mol. The number of nitrogens with one attached hydrogen (secondary N) is 1. The third-order valence-corrected chi connectivity index (χ3v) is 4.27. The minimum atomic E-state index is -0.967. The summed E-state index contributed by atoms with van der Waals surface area (Å²) in [5, 5.41) is 12.0. The van der Waals surface area contributed by atoms with Crippen LogP contribution in [0.3, 0.4) is 0 Å². The number of nitrogens with zero attached hydrogens (tertiary/aromatic N) is 2. The second-order valence-electron chi connectivity index (χ2n) is 6.29. The van der Waals surface area contributed by atoms with E-state index < -0.39 is 5.97 Å². The molecule has 1 aromatic heterocycles. The van der Waals surface area contributed by atoms with Gasteiger partial charge >= 0.3 is 5.97 Å². The van der Waals surface area contributed by atoms with Gasteiger partial charge in [-0.25, -0.2) is 14.8 Å². The molecule has 25 heavy (non-hydrogen) atoms. The molecule has 3 rings (SSSR count). The summed E-state index contributed by atoms with van der Waals surface area (Å²) in [5.74, 6) is 0.411. The SMILES string of the molecule is O=C(CCc1ccccc1C(=O)O)NCCc1cnc(C2CC2)nc1. The maximum absolute atomic E-state index is 11.9. The van der Waals surface area contributed by atoms with Gasteiger partial charge in [0.05, 0.1) is 5.56 Å². The van der Waals surface area contributed by atoms with Gasteiger partial charge in [0.15, 0.2) is 0 Å². The zero-order valence-corrected chi connectivity index (χ0v) is 13.9. The molecular weight excluding hydrogens is 318 g/mol. The van der Waals surface area contributed by atoms with Crippen molar-refractivity contribution in [1.29, 1.82) is 0 Å². The highest BCUT2D eigenvalue weighted by Gasteiger charge is 2.26. The number of aromatic nitrogens is 2. The van der Waals surface area contributed by atoms with E-state index in [1.807, 2.05) is 12.4 Å². The van der Waals surface area contributed by atoms with Gasteiger partial charge in [0.1, 0.15) is 5.82 Å². The van der Waals surface area contributed by atoms with E-state index in [2.05, 4.69) is 15.3 Å². The van der Waals surface area contributed by atoms with Crippen LogP contribution in [0, 0.1) is 0 Å². The molecule has 1 aliphatic rings. The van der Waals surface area contributed by atoms with Crippen LogP contribution in [-0.4, -0.2) is 33.5 Å². The number of carboxylic acids is 1. The summed E-state index contributed by atoms with van der Waals surface area (Å²) in [4.78, 5) is 31.8. The molecule has 1 heterocycles. The van der Waals surface area contributed by atoms with Crippen LogP contribution in [0.15, 0.2) is 36.7 Å². The van der Waals surface area contributed by atoms with Gasteiger partial charge in [-0.2, -0.15) is 0 Å². The molecular formula is C19H21N3O3. The van der Waals surface area contributed by atoms with Crippen molar-refractivity contribution < 1.29 is 14.7 Å². The lowest BCUT2D eigenvalue weighted by molar-refractivity contribution is -0.121. The van der Waals surface area contributed by atoms with Crippen LogP contribution in [0.25, 0.3) is 0 Å². The van der Waals surface area contributed by atoms with E-state index in [1.165, 1.54) is 12.8 Å². The lowest BCUT2D eigenvalue weighted by atomic mass is 10.0. The molecule has 0 aliphatic heterocycles. The molecule has 0 unspecified atom stereocenters. The predicted molar refractivity (Wildman–Crippen MR) is 92.4 cm³/mol. The van der Waals surface area contributed by atoms with Crippen molar-refractivity contribution in [3.63, 3.8) is 0 Å². The number of aromatic carboxylic acids is 1. The molecule has 2 N–H and O–H groups in total. The van der Waals surface area contributed by atoms with Crippen molar-refractivity contribution in [3.8, 4) is 0 Å². The van der Waals surface area contributed by atoms with Gasteiger partial charge in [-0.15, -0.1) is 0 Å². The maximum atomic E-state index is 11.9. The molecule has 1 saturated carbocycles. The van der Waals surface area contributed by atoms with Gasteiger partial charge in [-0.1, -0.05) is 18.2 Å². The van der Waals surface area contributed by atoms with E-state index in [0.29, 0.717) is 30.9 Å². The van der Waals surface area contributed by atoms with Crippen molar-refractivity contribution in [3.05, 3.63) is 59.2 Å². The average Bonchev–Trinajstić information content (AvgIpc) is 3.46. The van der Waals surface area contributed by atoms with Crippen molar-refractivity contribution in [2.75, 3.05) is 6.54 Å². The maximum Gasteiger partial charge on any atom is 0.335 e. The summed E-state index contributed by atoms with van der Waals surface area (Å²) >= 11 is 0. The number of amides is 1. The molecule has 1 fully saturated rings. The predicted octanol–water partition coefficient (Wildman–Crippen LogP) is 2.34. The van der Waals surface area contributed by atoms with Crippen LogP contribution in [0.2, 0.25) is 0 Å². The summed E-state index contributed by atoms with van der Waals surface area (Å²) in [6.07, 6.45) is 7.38. The number of hydrogen-bond acceptors (Lipinski definition) is 4. The van der Waals surface area contributed by atoms with E-state index in [-0.39, 0.29) is 17.9 Å². The van der Waals surface area contributed by atoms with Gasteiger partial charge in [0.2, 0.25) is 5.91 Å². The van der Waals surface area contributed by atoms with Gasteiger partial charge < -0.3 is 10.4 Å². The molecule has 0 saturated heterocycles. The highest BCUT2D eigenvalue weighted by atomic mass is 16.4. The van der Waals surface area contributed by atoms with Crippen molar-refractivity contribution in [2.24, 2.45) is 0 Å². The Kier molecular flexibility index (Phi) is 5.38. The smallest absolute Gasteiger partial charge is 0.335 e. The van der Waals surface area contributed by atoms with E-state index in [0.717, 1.165) is 11.4 Å². The minimum absolute atomic E-state index is 0.0873. The van der Waals surface area contributed by atoms with Crippen molar-refractivity contribution in [1.82, 2.24) is 15.3 Å². The second kappa shape index (κ2) is 7.88. The first-order chi connectivity index (χ1) is 12.1. The molecule has 1 amide bonds. The first-order valence-corrected chi connectivity index (χ1v) is 8.52. The Morgan fingerprint density at radius 3 is 2.52 bits per heavy atom. The summed E-state index contributed by atoms with van der Waals surface area (Å²) in [6, 6.07) is 6.77. The number of benzene rings is 1. The Labute approximate surface area is 146 Å². The molecule has 1 aliphatic carbocycles. The summed E-state index contributed by atoms with van der Waals surface area (Å²) < 4.78 is 0. The molecule has 0 bridgehead atoms. The first-order valence-electron chi connectivity index (χ1n) is 8.52. The molecule has 2 aromatic rings. The minimum Gasteiger partial charge on any atom is -0.478 e. The zero-order chi connectivity index (χ0) is 17.6. The highest BCUT2D eigenvalue weighted by Crippen LogP contribution is 2.37. The van der Waals surface area contributed by atoms with Crippen molar-refractivity contribution in [2.45, 2.75) is 38.0 Å². The van der Waals surface area contributed by atoms with E-state index in [9.17, 15) is 9.59 Å². The van der Waals surface area contributed by atoms with E-state index >= 15 is 0 Å². The molecule has 0 radical (unpaired) electrons. The molecule has 0 atom stereocenters. The van der Waals surface area contributed by atoms with Gasteiger partial charge in [0.25, 0.3) is 0 Å². The fourth-order valence-electron chi connectivity index (χ4n) is 2.68. The van der Waals surface area contributed by atoms with Crippen LogP contribution < -0.4 is 5.32 Å². The third kappa shape index (κ3) is 4.86. The second-order valence-corrected chi connectivity index (χ2v) is 6.29.